The minimum absolute atomic E-state index is 0.170. The standard InChI is InChI=1S/C19H18Cl2N6O/c1-10-11(2)26-27(3)17(10)19(28)24-13-5-6-15(21)14(8-13)18(22)25-16-7-4-12(20)9-23-16/h4-9H,1-3H3,(H,24,28)(H2,22,23,25). The van der Waals surface area contributed by atoms with Crippen LogP contribution in [0.3, 0.4) is 0 Å². The Morgan fingerprint density at radius 2 is 1.96 bits per heavy atom. The molecule has 0 aliphatic carbocycles. The molecule has 7 nitrogen and oxygen atoms in total. The summed E-state index contributed by atoms with van der Waals surface area (Å²) in [5.41, 5.74) is 9.22. The average Bonchev–Trinajstić information content (AvgIpc) is 2.90. The van der Waals surface area contributed by atoms with Crippen LogP contribution in [0.2, 0.25) is 10.0 Å². The maximum atomic E-state index is 12.7. The Bertz CT molecular complexity index is 1070. The Hall–Kier alpha value is -2.90. The molecule has 1 amide bonds. The molecule has 0 unspecified atom stereocenters. The molecule has 2 aromatic heterocycles. The van der Waals surface area contributed by atoms with Crippen molar-refractivity contribution in [3.63, 3.8) is 0 Å². The van der Waals surface area contributed by atoms with Crippen molar-refractivity contribution in [3.8, 4) is 0 Å². The molecular weight excluding hydrogens is 399 g/mol. The molecule has 3 N–H and O–H groups in total. The maximum absolute atomic E-state index is 12.7. The van der Waals surface area contributed by atoms with Gasteiger partial charge in [0.2, 0.25) is 0 Å². The van der Waals surface area contributed by atoms with Crippen LogP contribution < -0.4 is 11.1 Å². The lowest BCUT2D eigenvalue weighted by atomic mass is 10.1. The molecule has 1 aromatic carbocycles. The van der Waals surface area contributed by atoms with Gasteiger partial charge in [0.1, 0.15) is 11.5 Å². The highest BCUT2D eigenvalue weighted by Crippen LogP contribution is 2.23. The Balaban J connectivity index is 1.89. The molecule has 0 aliphatic rings. The van der Waals surface area contributed by atoms with Crippen molar-refractivity contribution in [2.24, 2.45) is 17.8 Å². The van der Waals surface area contributed by atoms with Crippen molar-refractivity contribution < 1.29 is 4.79 Å². The third-order valence-corrected chi connectivity index (χ3v) is 4.74. The van der Waals surface area contributed by atoms with Crippen molar-refractivity contribution in [3.05, 3.63) is 69.1 Å². The topological polar surface area (TPSA) is 98.2 Å². The molecule has 0 saturated carbocycles. The number of benzene rings is 1. The summed E-state index contributed by atoms with van der Waals surface area (Å²) in [6, 6.07) is 8.30. The van der Waals surface area contributed by atoms with Crippen molar-refractivity contribution in [1.29, 1.82) is 0 Å². The number of nitrogens with zero attached hydrogens (tertiary/aromatic N) is 4. The van der Waals surface area contributed by atoms with Crippen LogP contribution in [0, 0.1) is 13.8 Å². The molecule has 0 saturated heterocycles. The van der Waals surface area contributed by atoms with Crippen LogP contribution in [0.1, 0.15) is 27.3 Å². The third kappa shape index (κ3) is 4.16. The fraction of sp³-hybridized carbons (Fsp3) is 0.158. The molecule has 0 bridgehead atoms. The highest BCUT2D eigenvalue weighted by molar-refractivity contribution is 6.34. The third-order valence-electron chi connectivity index (χ3n) is 4.18. The molecular formula is C19H18Cl2N6O. The van der Waals surface area contributed by atoms with Crippen LogP contribution in [-0.2, 0) is 7.05 Å². The van der Waals surface area contributed by atoms with Crippen molar-refractivity contribution in [2.75, 3.05) is 5.32 Å². The zero-order chi connectivity index (χ0) is 20.4. The number of aromatic nitrogens is 3. The molecule has 144 valence electrons. The van der Waals surface area contributed by atoms with Crippen molar-refractivity contribution in [1.82, 2.24) is 14.8 Å². The normalized spacial score (nSPS) is 11.5. The minimum atomic E-state index is -0.274. The smallest absolute Gasteiger partial charge is 0.274 e. The van der Waals surface area contributed by atoms with Gasteiger partial charge in [0.25, 0.3) is 5.91 Å². The Morgan fingerprint density at radius 3 is 2.57 bits per heavy atom. The maximum Gasteiger partial charge on any atom is 0.274 e. The van der Waals surface area contributed by atoms with E-state index >= 15 is 0 Å². The Labute approximate surface area is 172 Å². The van der Waals surface area contributed by atoms with Crippen molar-refractivity contribution >= 4 is 46.4 Å². The van der Waals surface area contributed by atoms with Gasteiger partial charge in [-0.25, -0.2) is 9.98 Å². The molecule has 0 spiro atoms. The van der Waals surface area contributed by atoms with Gasteiger partial charge in [-0.1, -0.05) is 23.2 Å². The fourth-order valence-corrected chi connectivity index (χ4v) is 3.01. The average molecular weight is 417 g/mol. The number of aryl methyl sites for hydroxylation is 2. The molecule has 0 fully saturated rings. The largest absolute Gasteiger partial charge is 0.383 e. The van der Waals surface area contributed by atoms with E-state index in [1.165, 1.54) is 6.20 Å². The molecule has 9 heteroatoms. The van der Waals surface area contributed by atoms with Crippen molar-refractivity contribution in [2.45, 2.75) is 13.8 Å². The van der Waals surface area contributed by atoms with Crippen LogP contribution in [-0.4, -0.2) is 26.5 Å². The first-order chi connectivity index (χ1) is 13.3. The van der Waals surface area contributed by atoms with E-state index in [4.69, 9.17) is 28.9 Å². The summed E-state index contributed by atoms with van der Waals surface area (Å²) in [5, 5.41) is 8.01. The highest BCUT2D eigenvalue weighted by Gasteiger charge is 2.17. The molecule has 28 heavy (non-hydrogen) atoms. The predicted octanol–water partition coefficient (Wildman–Crippen LogP) is 4.03. The number of carbonyl (C=O) groups is 1. The van der Waals surface area contributed by atoms with Gasteiger partial charge >= 0.3 is 0 Å². The molecule has 2 heterocycles. The second-order valence-corrected chi connectivity index (χ2v) is 7.01. The van der Waals surface area contributed by atoms with E-state index < -0.39 is 0 Å². The van der Waals surface area contributed by atoms with Crippen LogP contribution in [0.15, 0.2) is 41.5 Å². The van der Waals surface area contributed by atoms with E-state index in [9.17, 15) is 4.79 Å². The number of nitrogens with two attached hydrogens (primary N) is 1. The molecule has 3 rings (SSSR count). The molecule has 0 radical (unpaired) electrons. The number of aliphatic imine (C=N–C) groups is 1. The summed E-state index contributed by atoms with van der Waals surface area (Å²) in [7, 11) is 1.73. The van der Waals surface area contributed by atoms with Gasteiger partial charge in [-0.05, 0) is 44.2 Å². The number of rotatable bonds is 4. The van der Waals surface area contributed by atoms with Crippen LogP contribution in [0.25, 0.3) is 0 Å². The van der Waals surface area contributed by atoms with Gasteiger partial charge in [-0.15, -0.1) is 0 Å². The number of anilines is 1. The molecule has 0 atom stereocenters. The number of pyridine rings is 1. The molecule has 0 aliphatic heterocycles. The lowest BCUT2D eigenvalue weighted by molar-refractivity contribution is 0.101. The van der Waals surface area contributed by atoms with E-state index in [1.807, 2.05) is 13.8 Å². The summed E-state index contributed by atoms with van der Waals surface area (Å²) < 4.78 is 1.55. The SMILES string of the molecule is Cc1nn(C)c(C(=O)Nc2ccc(Cl)c(C(N)=Nc3ccc(Cl)cn3)c2)c1C. The van der Waals surface area contributed by atoms with Gasteiger partial charge in [0.05, 0.1) is 15.7 Å². The van der Waals surface area contributed by atoms with E-state index in [2.05, 4.69) is 20.4 Å². The Kier molecular flexibility index (Phi) is 5.67. The number of hydrogen-bond acceptors (Lipinski definition) is 4. The lowest BCUT2D eigenvalue weighted by Gasteiger charge is -2.10. The summed E-state index contributed by atoms with van der Waals surface area (Å²) in [5.74, 6) is 0.292. The quantitative estimate of drug-likeness (QED) is 0.495. The number of hydrogen-bond donors (Lipinski definition) is 2. The van der Waals surface area contributed by atoms with Crippen LogP contribution in [0.5, 0.6) is 0 Å². The summed E-state index contributed by atoms with van der Waals surface area (Å²) in [6.07, 6.45) is 1.48. The zero-order valence-corrected chi connectivity index (χ0v) is 17.0. The Morgan fingerprint density at radius 1 is 1.21 bits per heavy atom. The van der Waals surface area contributed by atoms with E-state index in [0.717, 1.165) is 11.3 Å². The lowest BCUT2D eigenvalue weighted by Crippen LogP contribution is -2.18. The highest BCUT2D eigenvalue weighted by atomic mass is 35.5. The number of carbonyl (C=O) groups excluding carboxylic acids is 1. The number of amides is 1. The first kappa shape index (κ1) is 19.9. The second kappa shape index (κ2) is 8.00. The van der Waals surface area contributed by atoms with E-state index in [-0.39, 0.29) is 11.7 Å². The monoisotopic (exact) mass is 416 g/mol. The van der Waals surface area contributed by atoms with Gasteiger partial charge < -0.3 is 11.1 Å². The number of amidine groups is 1. The molecule has 3 aromatic rings. The summed E-state index contributed by atoms with van der Waals surface area (Å²) in [4.78, 5) is 21.0. The van der Waals surface area contributed by atoms with Gasteiger partial charge in [-0.2, -0.15) is 5.10 Å². The van der Waals surface area contributed by atoms with Crippen LogP contribution in [0.4, 0.5) is 11.5 Å². The van der Waals surface area contributed by atoms with Gasteiger partial charge in [0, 0.05) is 30.1 Å². The first-order valence-corrected chi connectivity index (χ1v) is 9.09. The minimum Gasteiger partial charge on any atom is -0.383 e. The van der Waals surface area contributed by atoms with Gasteiger partial charge in [0.15, 0.2) is 5.82 Å². The predicted molar refractivity (Wildman–Crippen MR) is 112 cm³/mol. The van der Waals surface area contributed by atoms with E-state index in [1.54, 1.807) is 42.1 Å². The number of halogens is 2. The van der Waals surface area contributed by atoms with E-state index in [0.29, 0.717) is 32.8 Å². The zero-order valence-electron chi connectivity index (χ0n) is 15.5. The van der Waals surface area contributed by atoms with Gasteiger partial charge in [-0.3, -0.25) is 9.48 Å². The van der Waals surface area contributed by atoms with Crippen LogP contribution >= 0.6 is 23.2 Å². The number of nitrogens with one attached hydrogen (secondary N) is 1. The summed E-state index contributed by atoms with van der Waals surface area (Å²) >= 11 is 12.1. The summed E-state index contributed by atoms with van der Waals surface area (Å²) in [6.45, 7) is 3.71. The first-order valence-electron chi connectivity index (χ1n) is 8.33. The fourth-order valence-electron chi connectivity index (χ4n) is 2.69. The second-order valence-electron chi connectivity index (χ2n) is 6.16.